The van der Waals surface area contributed by atoms with E-state index < -0.39 is 0 Å². The number of hydrogen-bond acceptors (Lipinski definition) is 4. The van der Waals surface area contributed by atoms with Crippen molar-refractivity contribution in [3.63, 3.8) is 0 Å². The first-order valence-corrected chi connectivity index (χ1v) is 17.4. The SMILES string of the molecule is c1ccc(-c2ccc3ccc4c(-c5cccc(-c6nc(-c7ccc(-c8ccncc8)cc7)cc(-c7cccnc7)n6)c5)ccc5ccc2c3c54)cc1. The number of rotatable bonds is 6. The third kappa shape index (κ3) is 5.17. The predicted molar refractivity (Wildman–Crippen MR) is 214 cm³/mol. The van der Waals surface area contributed by atoms with Gasteiger partial charge < -0.3 is 0 Å². The molecule has 0 saturated heterocycles. The molecule has 10 rings (SSSR count). The number of benzene rings is 7. The first-order valence-electron chi connectivity index (χ1n) is 17.4. The Kier molecular flexibility index (Phi) is 7.10. The van der Waals surface area contributed by atoms with Crippen LogP contribution in [0.3, 0.4) is 0 Å². The molecule has 242 valence electrons. The Balaban J connectivity index is 1.11. The molecule has 0 bridgehead atoms. The minimum atomic E-state index is 0.668. The van der Waals surface area contributed by atoms with Crippen LogP contribution in [-0.2, 0) is 0 Å². The van der Waals surface area contributed by atoms with E-state index in [9.17, 15) is 0 Å². The van der Waals surface area contributed by atoms with Gasteiger partial charge in [0.1, 0.15) is 0 Å². The molecule has 0 aliphatic carbocycles. The van der Waals surface area contributed by atoms with Gasteiger partial charge in [0.15, 0.2) is 5.82 Å². The van der Waals surface area contributed by atoms with Crippen LogP contribution in [-0.4, -0.2) is 19.9 Å². The Labute approximate surface area is 301 Å². The second-order valence-corrected chi connectivity index (χ2v) is 13.1. The van der Waals surface area contributed by atoms with Gasteiger partial charge in [-0.15, -0.1) is 0 Å². The molecule has 0 radical (unpaired) electrons. The molecule has 4 heteroatoms. The van der Waals surface area contributed by atoms with E-state index in [0.29, 0.717) is 5.82 Å². The van der Waals surface area contributed by atoms with Crippen molar-refractivity contribution in [3.8, 4) is 67.3 Å². The highest BCUT2D eigenvalue weighted by Gasteiger charge is 2.16. The number of hydrogen-bond donors (Lipinski definition) is 0. The summed E-state index contributed by atoms with van der Waals surface area (Å²) in [4.78, 5) is 18.8. The minimum absolute atomic E-state index is 0.668. The van der Waals surface area contributed by atoms with Gasteiger partial charge in [0, 0.05) is 41.5 Å². The van der Waals surface area contributed by atoms with Crippen LogP contribution in [0, 0.1) is 0 Å². The molecule has 3 aromatic heterocycles. The van der Waals surface area contributed by atoms with Crippen LogP contribution in [0.5, 0.6) is 0 Å². The van der Waals surface area contributed by atoms with Crippen molar-refractivity contribution in [1.29, 1.82) is 0 Å². The van der Waals surface area contributed by atoms with Crippen LogP contribution in [0.25, 0.3) is 99.6 Å². The summed E-state index contributed by atoms with van der Waals surface area (Å²) >= 11 is 0. The number of nitrogens with zero attached hydrogens (tertiary/aromatic N) is 4. The molecule has 0 spiro atoms. The Morgan fingerprint density at radius 1 is 0.327 bits per heavy atom. The van der Waals surface area contributed by atoms with Crippen molar-refractivity contribution in [3.05, 3.63) is 183 Å². The highest BCUT2D eigenvalue weighted by Crippen LogP contribution is 2.42. The molecule has 0 aliphatic heterocycles. The van der Waals surface area contributed by atoms with Crippen molar-refractivity contribution >= 4 is 32.3 Å². The molecule has 0 aliphatic rings. The smallest absolute Gasteiger partial charge is 0.160 e. The third-order valence-corrected chi connectivity index (χ3v) is 10.1. The molecule has 0 N–H and O–H groups in total. The number of pyridine rings is 2. The monoisotopic (exact) mass is 662 g/mol. The largest absolute Gasteiger partial charge is 0.265 e. The normalized spacial score (nSPS) is 11.5. The highest BCUT2D eigenvalue weighted by atomic mass is 14.9. The average Bonchev–Trinajstić information content (AvgIpc) is 3.23. The van der Waals surface area contributed by atoms with Crippen LogP contribution in [0.1, 0.15) is 0 Å². The van der Waals surface area contributed by atoms with E-state index in [1.165, 1.54) is 49.0 Å². The minimum Gasteiger partial charge on any atom is -0.265 e. The van der Waals surface area contributed by atoms with Crippen LogP contribution in [0.2, 0.25) is 0 Å². The van der Waals surface area contributed by atoms with E-state index in [-0.39, 0.29) is 0 Å². The highest BCUT2D eigenvalue weighted by molar-refractivity contribution is 6.27. The summed E-state index contributed by atoms with van der Waals surface area (Å²) in [5, 5.41) is 7.60. The molecule has 3 heterocycles. The molecular formula is C48H30N4. The van der Waals surface area contributed by atoms with Crippen molar-refractivity contribution in [2.24, 2.45) is 0 Å². The van der Waals surface area contributed by atoms with E-state index in [4.69, 9.17) is 9.97 Å². The van der Waals surface area contributed by atoms with Gasteiger partial charge in [0.05, 0.1) is 11.4 Å². The third-order valence-electron chi connectivity index (χ3n) is 10.1. The van der Waals surface area contributed by atoms with Gasteiger partial charge >= 0.3 is 0 Å². The molecular weight excluding hydrogens is 633 g/mol. The summed E-state index contributed by atoms with van der Waals surface area (Å²) in [5.41, 5.74) is 11.6. The maximum absolute atomic E-state index is 5.16. The van der Waals surface area contributed by atoms with E-state index in [0.717, 1.165) is 44.8 Å². The van der Waals surface area contributed by atoms with Gasteiger partial charge in [-0.1, -0.05) is 121 Å². The fraction of sp³-hybridized carbons (Fsp3) is 0. The van der Waals surface area contributed by atoms with Crippen LogP contribution < -0.4 is 0 Å². The Bertz CT molecular complexity index is 2870. The van der Waals surface area contributed by atoms with Crippen molar-refractivity contribution in [1.82, 2.24) is 19.9 Å². The zero-order chi connectivity index (χ0) is 34.4. The van der Waals surface area contributed by atoms with Gasteiger partial charge in [0.25, 0.3) is 0 Å². The zero-order valence-corrected chi connectivity index (χ0v) is 28.1. The lowest BCUT2D eigenvalue weighted by Crippen LogP contribution is -1.96. The van der Waals surface area contributed by atoms with Gasteiger partial charge in [-0.3, -0.25) is 9.97 Å². The Morgan fingerprint density at radius 3 is 1.60 bits per heavy atom. The molecule has 10 aromatic rings. The van der Waals surface area contributed by atoms with Crippen LogP contribution >= 0.6 is 0 Å². The first-order chi connectivity index (χ1) is 25.8. The number of aromatic nitrogens is 4. The summed E-state index contributed by atoms with van der Waals surface area (Å²) in [5.74, 6) is 0.668. The van der Waals surface area contributed by atoms with E-state index in [1.807, 2.05) is 42.9 Å². The maximum Gasteiger partial charge on any atom is 0.160 e. The van der Waals surface area contributed by atoms with Crippen molar-refractivity contribution < 1.29 is 0 Å². The van der Waals surface area contributed by atoms with Gasteiger partial charge in [-0.2, -0.15) is 0 Å². The van der Waals surface area contributed by atoms with Gasteiger partial charge in [-0.05, 0) is 102 Å². The molecule has 7 aromatic carbocycles. The fourth-order valence-electron chi connectivity index (χ4n) is 7.51. The fourth-order valence-corrected chi connectivity index (χ4v) is 7.51. The van der Waals surface area contributed by atoms with Gasteiger partial charge in [-0.25, -0.2) is 9.97 Å². The summed E-state index contributed by atoms with van der Waals surface area (Å²) in [7, 11) is 0. The topological polar surface area (TPSA) is 51.6 Å². The second kappa shape index (κ2) is 12.4. The quantitative estimate of drug-likeness (QED) is 0.166. The summed E-state index contributed by atoms with van der Waals surface area (Å²) in [6.07, 6.45) is 7.27. The molecule has 0 amide bonds. The van der Waals surface area contributed by atoms with E-state index >= 15 is 0 Å². The second-order valence-electron chi connectivity index (χ2n) is 13.1. The van der Waals surface area contributed by atoms with Crippen LogP contribution in [0.4, 0.5) is 0 Å². The summed E-state index contributed by atoms with van der Waals surface area (Å²) in [6, 6.07) is 56.0. The predicted octanol–water partition coefficient (Wildman–Crippen LogP) is 12.2. The molecule has 0 atom stereocenters. The summed E-state index contributed by atoms with van der Waals surface area (Å²) in [6.45, 7) is 0. The molecule has 4 nitrogen and oxygen atoms in total. The molecule has 52 heavy (non-hydrogen) atoms. The standard InChI is InChI=1S/C48H30N4/c1-2-6-33(7-3-1)40-19-15-35-18-22-43-41(20-16-36-17-21-42(40)46(35)47(36)43)37-8-4-9-38(28-37)48-51-44(29-45(52-48)39-10-5-25-50-30-39)34-13-11-31(12-14-34)32-23-26-49-27-24-32/h1-30H. The van der Waals surface area contributed by atoms with Crippen molar-refractivity contribution in [2.45, 2.75) is 0 Å². The van der Waals surface area contributed by atoms with Crippen LogP contribution in [0.15, 0.2) is 183 Å². The van der Waals surface area contributed by atoms with Gasteiger partial charge in [0.2, 0.25) is 0 Å². The lowest BCUT2D eigenvalue weighted by atomic mass is 9.87. The first kappa shape index (κ1) is 29.8. The van der Waals surface area contributed by atoms with Crippen molar-refractivity contribution in [2.75, 3.05) is 0 Å². The lowest BCUT2D eigenvalue weighted by molar-refractivity contribution is 1.18. The maximum atomic E-state index is 5.16. The molecule has 0 fully saturated rings. The zero-order valence-electron chi connectivity index (χ0n) is 28.1. The lowest BCUT2D eigenvalue weighted by Gasteiger charge is -2.17. The van der Waals surface area contributed by atoms with E-state index in [1.54, 1.807) is 6.20 Å². The Morgan fingerprint density at radius 2 is 0.904 bits per heavy atom. The molecule has 0 saturated carbocycles. The summed E-state index contributed by atoms with van der Waals surface area (Å²) < 4.78 is 0. The Hall–Kier alpha value is -7.04. The van der Waals surface area contributed by atoms with E-state index in [2.05, 4.69) is 143 Å². The average molecular weight is 663 g/mol. The molecule has 0 unspecified atom stereocenters.